The van der Waals surface area contributed by atoms with Gasteiger partial charge in [0.15, 0.2) is 11.5 Å². The zero-order chi connectivity index (χ0) is 16.1. The Balaban J connectivity index is 2.10. The summed E-state index contributed by atoms with van der Waals surface area (Å²) in [5.41, 5.74) is 0.722. The second-order valence-electron chi connectivity index (χ2n) is 5.31. The van der Waals surface area contributed by atoms with Gasteiger partial charge in [-0.25, -0.2) is 4.79 Å². The molecule has 0 unspecified atom stereocenters. The van der Waals surface area contributed by atoms with Crippen LogP contribution >= 0.6 is 0 Å². The van der Waals surface area contributed by atoms with Crippen molar-refractivity contribution in [2.24, 2.45) is 5.92 Å². The van der Waals surface area contributed by atoms with E-state index in [9.17, 15) is 9.59 Å². The Morgan fingerprint density at radius 3 is 2.77 bits per heavy atom. The molecule has 7 nitrogen and oxygen atoms in total. The third-order valence-electron chi connectivity index (χ3n) is 3.00. The molecule has 0 radical (unpaired) electrons. The molecule has 1 atom stereocenters. The number of amides is 1. The fraction of sp³-hybridized carbons (Fsp3) is 0.333. The Bertz CT molecular complexity index is 652. The van der Waals surface area contributed by atoms with Crippen LogP contribution in [0.3, 0.4) is 0 Å². The molecule has 2 aromatic heterocycles. The van der Waals surface area contributed by atoms with Crippen molar-refractivity contribution in [3.8, 4) is 11.3 Å². The number of carbonyl (C=O) groups is 2. The van der Waals surface area contributed by atoms with Crippen LogP contribution in [0.25, 0.3) is 11.3 Å². The molecule has 1 amide bonds. The molecule has 0 aromatic carbocycles. The lowest BCUT2D eigenvalue weighted by Crippen LogP contribution is -2.41. The van der Waals surface area contributed by atoms with Crippen molar-refractivity contribution in [1.29, 1.82) is 0 Å². The molecule has 0 aliphatic carbocycles. The van der Waals surface area contributed by atoms with Gasteiger partial charge in [0.05, 0.1) is 0 Å². The summed E-state index contributed by atoms with van der Waals surface area (Å²) in [6.45, 7) is 3.78. The van der Waals surface area contributed by atoms with Crippen molar-refractivity contribution >= 4 is 11.9 Å². The Hall–Kier alpha value is -2.70. The van der Waals surface area contributed by atoms with E-state index >= 15 is 0 Å². The zero-order valence-electron chi connectivity index (χ0n) is 12.3. The lowest BCUT2D eigenvalue weighted by atomic mass is 10.0. The summed E-state index contributed by atoms with van der Waals surface area (Å²) in [5, 5.41) is 15.3. The van der Waals surface area contributed by atoms with Gasteiger partial charge in [0.1, 0.15) is 6.04 Å². The van der Waals surface area contributed by atoms with Gasteiger partial charge in [0.2, 0.25) is 0 Å². The molecule has 7 heteroatoms. The van der Waals surface area contributed by atoms with Crippen LogP contribution in [0.15, 0.2) is 35.1 Å². The van der Waals surface area contributed by atoms with Gasteiger partial charge in [-0.2, -0.15) is 0 Å². The molecule has 0 saturated carbocycles. The Kier molecular flexibility index (Phi) is 4.88. The fourth-order valence-corrected chi connectivity index (χ4v) is 1.95. The highest BCUT2D eigenvalue weighted by atomic mass is 16.5. The minimum absolute atomic E-state index is 0.0360. The first-order valence-corrected chi connectivity index (χ1v) is 6.88. The second-order valence-corrected chi connectivity index (χ2v) is 5.31. The van der Waals surface area contributed by atoms with Crippen molar-refractivity contribution in [3.05, 3.63) is 36.3 Å². The lowest BCUT2D eigenvalue weighted by Gasteiger charge is -2.15. The molecule has 0 spiro atoms. The van der Waals surface area contributed by atoms with Gasteiger partial charge < -0.3 is 14.9 Å². The Labute approximate surface area is 127 Å². The number of aliphatic carboxylic acids is 1. The summed E-state index contributed by atoms with van der Waals surface area (Å²) in [6, 6.07) is 4.01. The summed E-state index contributed by atoms with van der Waals surface area (Å²) in [5.74, 6) is -1.11. The molecule has 0 aliphatic heterocycles. The highest BCUT2D eigenvalue weighted by Crippen LogP contribution is 2.19. The van der Waals surface area contributed by atoms with Crippen LogP contribution in [-0.2, 0) is 4.79 Å². The summed E-state index contributed by atoms with van der Waals surface area (Å²) in [7, 11) is 0. The van der Waals surface area contributed by atoms with Crippen molar-refractivity contribution in [2.45, 2.75) is 26.3 Å². The molecule has 0 fully saturated rings. The summed E-state index contributed by atoms with van der Waals surface area (Å²) < 4.78 is 5.10. The number of carboxylic acid groups (broad SMARTS) is 1. The van der Waals surface area contributed by atoms with E-state index in [4.69, 9.17) is 9.63 Å². The second kappa shape index (κ2) is 6.84. The molecule has 2 N–H and O–H groups in total. The molecule has 2 aromatic rings. The standard InChI is InChI=1S/C15H17N3O4/c1-9(2)6-12(15(20)21)17-14(19)11-7-13(22-18-11)10-4-3-5-16-8-10/h3-5,7-9,12H,6H2,1-2H3,(H,17,19)(H,20,21)/t12-/m1/s1. The lowest BCUT2D eigenvalue weighted by molar-refractivity contribution is -0.139. The molecule has 2 rings (SSSR count). The van der Waals surface area contributed by atoms with Crippen molar-refractivity contribution in [2.75, 3.05) is 0 Å². The predicted octanol–water partition coefficient (Wildman–Crippen LogP) is 1.97. The normalized spacial score (nSPS) is 12.1. The highest BCUT2D eigenvalue weighted by Gasteiger charge is 2.23. The van der Waals surface area contributed by atoms with Gasteiger partial charge >= 0.3 is 5.97 Å². The average molecular weight is 303 g/mol. The van der Waals surface area contributed by atoms with E-state index < -0.39 is 17.9 Å². The summed E-state index contributed by atoms with van der Waals surface area (Å²) in [4.78, 5) is 27.2. The van der Waals surface area contributed by atoms with Crippen molar-refractivity contribution in [1.82, 2.24) is 15.5 Å². The van der Waals surface area contributed by atoms with E-state index in [-0.39, 0.29) is 11.6 Å². The third kappa shape index (κ3) is 3.91. The van der Waals surface area contributed by atoms with Gasteiger partial charge in [-0.05, 0) is 24.5 Å². The van der Waals surface area contributed by atoms with Gasteiger partial charge in [-0.1, -0.05) is 19.0 Å². The van der Waals surface area contributed by atoms with Gasteiger partial charge in [-0.15, -0.1) is 0 Å². The SMILES string of the molecule is CC(C)C[C@@H](NC(=O)c1cc(-c2cccnc2)on1)C(=O)O. The number of nitrogens with one attached hydrogen (secondary N) is 1. The maximum Gasteiger partial charge on any atom is 0.326 e. The van der Waals surface area contributed by atoms with E-state index in [1.165, 1.54) is 6.07 Å². The van der Waals surface area contributed by atoms with Crippen molar-refractivity contribution < 1.29 is 19.2 Å². The quantitative estimate of drug-likeness (QED) is 0.845. The maximum atomic E-state index is 12.1. The van der Waals surface area contributed by atoms with Crippen molar-refractivity contribution in [3.63, 3.8) is 0 Å². The van der Waals surface area contributed by atoms with Crippen LogP contribution in [-0.4, -0.2) is 33.2 Å². The highest BCUT2D eigenvalue weighted by molar-refractivity contribution is 5.95. The molecule has 0 aliphatic rings. The van der Waals surface area contributed by atoms with Crippen LogP contribution in [0.1, 0.15) is 30.8 Å². The van der Waals surface area contributed by atoms with Crippen LogP contribution in [0.2, 0.25) is 0 Å². The first kappa shape index (κ1) is 15.7. The Morgan fingerprint density at radius 2 is 2.18 bits per heavy atom. The smallest absolute Gasteiger partial charge is 0.326 e. The van der Waals surface area contributed by atoms with Crippen LogP contribution in [0, 0.1) is 5.92 Å². The molecular formula is C15H17N3O4. The topological polar surface area (TPSA) is 105 Å². The first-order valence-electron chi connectivity index (χ1n) is 6.88. The fourth-order valence-electron chi connectivity index (χ4n) is 1.95. The minimum Gasteiger partial charge on any atom is -0.480 e. The van der Waals surface area contributed by atoms with E-state index in [1.807, 2.05) is 13.8 Å². The molecule has 0 saturated heterocycles. The van der Waals surface area contributed by atoms with Gasteiger partial charge in [0, 0.05) is 24.0 Å². The first-order chi connectivity index (χ1) is 10.5. The van der Waals surface area contributed by atoms with Crippen LogP contribution in [0.5, 0.6) is 0 Å². The minimum atomic E-state index is -1.07. The number of nitrogens with zero attached hydrogens (tertiary/aromatic N) is 2. The summed E-state index contributed by atoms with van der Waals surface area (Å²) in [6.07, 6.45) is 3.55. The molecular weight excluding hydrogens is 286 g/mol. The number of pyridine rings is 1. The monoisotopic (exact) mass is 303 g/mol. The van der Waals surface area contributed by atoms with Crippen LogP contribution < -0.4 is 5.32 Å². The molecule has 0 bridgehead atoms. The molecule has 2 heterocycles. The van der Waals surface area contributed by atoms with E-state index in [0.29, 0.717) is 17.7 Å². The van der Waals surface area contributed by atoms with E-state index in [1.54, 1.807) is 24.5 Å². The van der Waals surface area contributed by atoms with Crippen LogP contribution in [0.4, 0.5) is 0 Å². The average Bonchev–Trinajstić information content (AvgIpc) is 2.96. The largest absolute Gasteiger partial charge is 0.480 e. The van der Waals surface area contributed by atoms with E-state index in [2.05, 4.69) is 15.5 Å². The Morgan fingerprint density at radius 1 is 1.41 bits per heavy atom. The summed E-state index contributed by atoms with van der Waals surface area (Å²) >= 11 is 0. The van der Waals surface area contributed by atoms with E-state index in [0.717, 1.165) is 0 Å². The predicted molar refractivity (Wildman–Crippen MR) is 78.1 cm³/mol. The molecule has 22 heavy (non-hydrogen) atoms. The number of rotatable bonds is 6. The molecule has 116 valence electrons. The van der Waals surface area contributed by atoms with Gasteiger partial charge in [0.25, 0.3) is 5.91 Å². The third-order valence-corrected chi connectivity index (χ3v) is 3.00. The number of hydrogen-bond donors (Lipinski definition) is 2. The maximum absolute atomic E-state index is 12.1. The number of carboxylic acids is 1. The number of carbonyl (C=O) groups excluding carboxylic acids is 1. The van der Waals surface area contributed by atoms with Gasteiger partial charge in [-0.3, -0.25) is 9.78 Å². The number of hydrogen-bond acceptors (Lipinski definition) is 5. The number of aromatic nitrogens is 2. The zero-order valence-corrected chi connectivity index (χ0v) is 12.3.